The van der Waals surface area contributed by atoms with Crippen molar-refractivity contribution in [2.24, 2.45) is 0 Å². The van der Waals surface area contributed by atoms with Gasteiger partial charge in [-0.3, -0.25) is 0 Å². The van der Waals surface area contributed by atoms with Crippen LogP contribution < -0.4 is 0 Å². The van der Waals surface area contributed by atoms with Gasteiger partial charge in [-0.25, -0.2) is 0 Å². The maximum atomic E-state index is 2.68. The highest BCUT2D eigenvalue weighted by molar-refractivity contribution is 4.99. The lowest BCUT2D eigenvalue weighted by molar-refractivity contribution is 1.50. The lowest BCUT2D eigenvalue weighted by Crippen LogP contribution is -1.47. The van der Waals surface area contributed by atoms with Gasteiger partial charge in [0.15, 0.2) is 0 Å². The van der Waals surface area contributed by atoms with E-state index >= 15 is 0 Å². The fourth-order valence-corrected chi connectivity index (χ4v) is 0.770. The minimum absolute atomic E-state index is 0. The summed E-state index contributed by atoms with van der Waals surface area (Å²) in [6, 6.07) is 24.0. The predicted octanol–water partition coefficient (Wildman–Crippen LogP) is 11.8. The van der Waals surface area contributed by atoms with E-state index in [2.05, 4.69) is 47.4 Å². The first-order valence-corrected chi connectivity index (χ1v) is 12.0. The van der Waals surface area contributed by atoms with E-state index in [9.17, 15) is 0 Å². The summed E-state index contributed by atoms with van der Waals surface area (Å²) in [4.78, 5) is 0. The van der Waals surface area contributed by atoms with Crippen LogP contribution in [0, 0.1) is 47.4 Å². The molecule has 0 saturated heterocycles. The third-order valence-electron chi connectivity index (χ3n) is 2.33. The molecule has 0 amide bonds. The molecular formula is C36H62. The van der Waals surface area contributed by atoms with Gasteiger partial charge in [0.1, 0.15) is 0 Å². The first kappa shape index (κ1) is 58.5. The van der Waals surface area contributed by atoms with E-state index in [4.69, 9.17) is 0 Å². The molecule has 0 bridgehead atoms. The van der Waals surface area contributed by atoms with Crippen LogP contribution in [-0.4, -0.2) is 0 Å². The Morgan fingerprint density at radius 3 is 0.306 bits per heavy atom. The van der Waals surface area contributed by atoms with Crippen molar-refractivity contribution >= 4 is 0 Å². The summed E-state index contributed by atoms with van der Waals surface area (Å²) in [5, 5.41) is 0. The topological polar surface area (TPSA) is 0 Å². The van der Waals surface area contributed by atoms with E-state index < -0.39 is 0 Å². The standard InChI is InChI=1S/2C6H6.4C4H6.3C2H6.2CH4/c2*1-2-4-6-5-3-1;4*1-3-4-2;3*1-2;;/h2*1-6H;4*1-2H3;3*1-2H3;2*1H4. The SMILES string of the molecule is C.C.CC.CC.CC.CC#CC.CC#CC.CC#CC.CC#CC.c1ccccc1.c1ccccc1. The largest absolute Gasteiger partial charge is 0.107 e. The fraction of sp³-hybridized carbons (Fsp3) is 0.444. The molecule has 0 aromatic heterocycles. The lowest BCUT2D eigenvalue weighted by Gasteiger charge is -1.69. The van der Waals surface area contributed by atoms with E-state index in [1.165, 1.54) is 0 Å². The van der Waals surface area contributed by atoms with Crippen molar-refractivity contribution in [1.82, 2.24) is 0 Å². The van der Waals surface area contributed by atoms with Gasteiger partial charge in [0.05, 0.1) is 0 Å². The van der Waals surface area contributed by atoms with Gasteiger partial charge >= 0.3 is 0 Å². The van der Waals surface area contributed by atoms with Gasteiger partial charge in [-0.1, -0.05) is 129 Å². The van der Waals surface area contributed by atoms with E-state index in [0.29, 0.717) is 0 Å². The molecule has 0 spiro atoms. The Bertz CT molecular complexity index is 529. The molecule has 0 fully saturated rings. The second kappa shape index (κ2) is 107. The van der Waals surface area contributed by atoms with Crippen molar-refractivity contribution in [3.05, 3.63) is 72.8 Å². The van der Waals surface area contributed by atoms with Crippen LogP contribution in [0.1, 0.15) is 112 Å². The summed E-state index contributed by atoms with van der Waals surface area (Å²) in [6.07, 6.45) is 0. The minimum Gasteiger partial charge on any atom is -0.107 e. The van der Waals surface area contributed by atoms with Crippen LogP contribution in [0.5, 0.6) is 0 Å². The van der Waals surface area contributed by atoms with Gasteiger partial charge < -0.3 is 0 Å². The van der Waals surface area contributed by atoms with E-state index in [-0.39, 0.29) is 14.9 Å². The third kappa shape index (κ3) is 168. The molecule has 0 nitrogen and oxygen atoms in total. The first-order valence-electron chi connectivity index (χ1n) is 12.0. The molecule has 0 heterocycles. The molecule has 0 aliphatic carbocycles. The van der Waals surface area contributed by atoms with Crippen molar-refractivity contribution in [1.29, 1.82) is 0 Å². The lowest BCUT2D eigenvalue weighted by atomic mass is 10.4. The zero-order valence-corrected chi connectivity index (χ0v) is 24.9. The second-order valence-corrected chi connectivity index (χ2v) is 4.31. The molecule has 2 aromatic rings. The van der Waals surface area contributed by atoms with Gasteiger partial charge in [0.25, 0.3) is 0 Å². The van der Waals surface area contributed by atoms with Gasteiger partial charge in [-0.2, -0.15) is 0 Å². The summed E-state index contributed by atoms with van der Waals surface area (Å²) in [6.45, 7) is 26.6. The van der Waals surface area contributed by atoms with Crippen molar-refractivity contribution < 1.29 is 0 Å². The molecule has 0 atom stereocenters. The molecule has 0 aliphatic rings. The van der Waals surface area contributed by atoms with Gasteiger partial charge in [0.2, 0.25) is 0 Å². The van der Waals surface area contributed by atoms with E-state index in [1.54, 1.807) is 0 Å². The summed E-state index contributed by atoms with van der Waals surface area (Å²) >= 11 is 0. The Hall–Kier alpha value is -3.32. The molecular weight excluding hydrogens is 432 g/mol. The highest BCUT2D eigenvalue weighted by Crippen LogP contribution is 1.80. The van der Waals surface area contributed by atoms with Crippen LogP contribution in [0.25, 0.3) is 0 Å². The fourth-order valence-electron chi connectivity index (χ4n) is 0.770. The van der Waals surface area contributed by atoms with Crippen molar-refractivity contribution in [2.45, 2.75) is 112 Å². The summed E-state index contributed by atoms with van der Waals surface area (Å²) in [5.41, 5.74) is 0. The van der Waals surface area contributed by atoms with E-state index in [0.717, 1.165) is 0 Å². The zero-order chi connectivity index (χ0) is 28.1. The van der Waals surface area contributed by atoms with Crippen LogP contribution >= 0.6 is 0 Å². The molecule has 0 N–H and O–H groups in total. The molecule has 2 rings (SSSR count). The third-order valence-corrected chi connectivity index (χ3v) is 2.33. The number of hydrogen-bond donors (Lipinski definition) is 0. The van der Waals surface area contributed by atoms with Crippen molar-refractivity contribution in [2.75, 3.05) is 0 Å². The van der Waals surface area contributed by atoms with E-state index in [1.807, 2.05) is 170 Å². The number of benzene rings is 2. The predicted molar refractivity (Wildman–Crippen MR) is 177 cm³/mol. The minimum atomic E-state index is 0. The molecule has 0 unspecified atom stereocenters. The summed E-state index contributed by atoms with van der Waals surface area (Å²) in [7, 11) is 0. The smallest absolute Gasteiger partial charge is 0.00271 e. The molecule has 206 valence electrons. The van der Waals surface area contributed by atoms with Crippen LogP contribution in [0.15, 0.2) is 72.8 Å². The molecule has 2 aromatic carbocycles. The molecule has 0 saturated carbocycles. The zero-order valence-electron chi connectivity index (χ0n) is 24.9. The quantitative estimate of drug-likeness (QED) is 0.319. The Labute approximate surface area is 231 Å². The highest BCUT2D eigenvalue weighted by atomic mass is 13.7. The molecule has 0 radical (unpaired) electrons. The van der Waals surface area contributed by atoms with Crippen molar-refractivity contribution in [3.8, 4) is 47.4 Å². The van der Waals surface area contributed by atoms with Gasteiger partial charge in [-0.15, -0.1) is 47.4 Å². The molecule has 0 aliphatic heterocycles. The van der Waals surface area contributed by atoms with Crippen LogP contribution in [-0.2, 0) is 0 Å². The van der Waals surface area contributed by atoms with Crippen molar-refractivity contribution in [3.63, 3.8) is 0 Å². The normalized spacial score (nSPS) is 4.72. The number of rotatable bonds is 0. The molecule has 36 heavy (non-hydrogen) atoms. The average Bonchev–Trinajstić information content (AvgIpc) is 2.98. The summed E-state index contributed by atoms with van der Waals surface area (Å²) in [5.74, 6) is 21.4. The second-order valence-electron chi connectivity index (χ2n) is 4.31. The number of hydrogen-bond acceptors (Lipinski definition) is 0. The maximum absolute atomic E-state index is 2.68. The Balaban J connectivity index is -0.0000000333. The average molecular weight is 495 g/mol. The monoisotopic (exact) mass is 494 g/mol. The maximum Gasteiger partial charge on any atom is -0.00271 e. The van der Waals surface area contributed by atoms with Crippen LogP contribution in [0.4, 0.5) is 0 Å². The molecule has 0 heteroatoms. The van der Waals surface area contributed by atoms with Gasteiger partial charge in [-0.05, 0) is 55.4 Å². The first-order chi connectivity index (χ1) is 16.7. The Morgan fingerprint density at radius 1 is 0.222 bits per heavy atom. The van der Waals surface area contributed by atoms with Crippen LogP contribution in [0.3, 0.4) is 0 Å². The highest BCUT2D eigenvalue weighted by Gasteiger charge is 1.58. The van der Waals surface area contributed by atoms with Gasteiger partial charge in [0, 0.05) is 0 Å². The Morgan fingerprint density at radius 2 is 0.278 bits per heavy atom. The summed E-state index contributed by atoms with van der Waals surface area (Å²) < 4.78 is 0. The van der Waals surface area contributed by atoms with Crippen LogP contribution in [0.2, 0.25) is 0 Å². The Kier molecular flexibility index (Phi) is 174.